The summed E-state index contributed by atoms with van der Waals surface area (Å²) < 4.78 is 14.9. The maximum Gasteiger partial charge on any atom is 0.252 e. The number of carbonyl (C=O) groups excluding carboxylic acids is 2. The number of benzene rings is 1. The summed E-state index contributed by atoms with van der Waals surface area (Å²) in [6.45, 7) is 3.98. The number of nitrogens with one attached hydrogen (secondary N) is 1. The molecule has 0 spiro atoms. The van der Waals surface area contributed by atoms with Crippen LogP contribution in [0.5, 0.6) is 0 Å². The zero-order valence-electron chi connectivity index (χ0n) is 13.2. The van der Waals surface area contributed by atoms with Gasteiger partial charge in [0.1, 0.15) is 10.8 Å². The molecule has 0 unspecified atom stereocenters. The first-order valence-electron chi connectivity index (χ1n) is 7.39. The molecule has 0 fully saturated rings. The molecule has 1 amide bonds. The Balaban J connectivity index is 2.09. The average Bonchev–Trinajstić information content (AvgIpc) is 2.79. The fourth-order valence-electron chi connectivity index (χ4n) is 2.98. The molecule has 3 N–H and O–H groups in total. The van der Waals surface area contributed by atoms with Crippen LogP contribution in [-0.2, 0) is 6.42 Å². The van der Waals surface area contributed by atoms with E-state index in [1.54, 1.807) is 12.1 Å². The van der Waals surface area contributed by atoms with E-state index in [9.17, 15) is 14.0 Å². The molecule has 3 rings (SSSR count). The highest BCUT2D eigenvalue weighted by Gasteiger charge is 2.36. The predicted molar refractivity (Wildman–Crippen MR) is 102 cm³/mol. The van der Waals surface area contributed by atoms with E-state index in [0.717, 1.165) is 3.57 Å². The molecule has 0 aliphatic heterocycles. The van der Waals surface area contributed by atoms with Gasteiger partial charge in [-0.25, -0.2) is 4.39 Å². The van der Waals surface area contributed by atoms with Gasteiger partial charge < -0.3 is 11.1 Å². The van der Waals surface area contributed by atoms with Gasteiger partial charge >= 0.3 is 0 Å². The number of carbonyl (C=O) groups is 2. The van der Waals surface area contributed by atoms with Crippen molar-refractivity contribution < 1.29 is 14.0 Å². The second-order valence-electron chi connectivity index (χ2n) is 6.67. The van der Waals surface area contributed by atoms with Crippen molar-refractivity contribution in [2.45, 2.75) is 26.7 Å². The highest BCUT2D eigenvalue weighted by Crippen LogP contribution is 2.44. The van der Waals surface area contributed by atoms with Crippen molar-refractivity contribution in [3.63, 3.8) is 0 Å². The molecule has 0 radical (unpaired) electrons. The second-order valence-corrected chi connectivity index (χ2v) is 8.93. The van der Waals surface area contributed by atoms with Gasteiger partial charge in [0.25, 0.3) is 5.91 Å². The molecule has 1 aromatic carbocycles. The lowest BCUT2D eigenvalue weighted by Crippen LogP contribution is -2.27. The Bertz CT molecular complexity index is 861. The molecule has 4 nitrogen and oxygen atoms in total. The van der Waals surface area contributed by atoms with E-state index in [0.29, 0.717) is 33.8 Å². The number of nitrogens with two attached hydrogens (primary N) is 1. The van der Waals surface area contributed by atoms with Gasteiger partial charge in [-0.3, -0.25) is 9.59 Å². The molecule has 1 aliphatic rings. The minimum absolute atomic E-state index is 0.00452. The average molecular weight is 458 g/mol. The molecule has 0 atom stereocenters. The van der Waals surface area contributed by atoms with Gasteiger partial charge in [-0.15, -0.1) is 11.3 Å². The fourth-order valence-corrected chi connectivity index (χ4v) is 4.60. The number of hydrogen-bond acceptors (Lipinski definition) is 4. The number of amides is 1. The Labute approximate surface area is 156 Å². The number of fused-ring (bicyclic) bond motifs is 1. The lowest BCUT2D eigenvalue weighted by Gasteiger charge is -2.28. The summed E-state index contributed by atoms with van der Waals surface area (Å²) in [4.78, 5) is 24.9. The number of Topliss-reactive ketones (excluding diaryl/α,β-unsaturated/α-hetero) is 1. The van der Waals surface area contributed by atoms with Crippen molar-refractivity contribution in [3.8, 4) is 0 Å². The predicted octanol–water partition coefficient (Wildman–Crippen LogP) is 4.49. The van der Waals surface area contributed by atoms with Gasteiger partial charge in [-0.1, -0.05) is 13.8 Å². The van der Waals surface area contributed by atoms with Gasteiger partial charge in [-0.2, -0.15) is 0 Å². The van der Waals surface area contributed by atoms with Gasteiger partial charge in [-0.05, 0) is 58.2 Å². The standard InChI is InChI=1S/C17H16FIN2O2S/c1-17(2)6-9-13(15(20)23)16(24-14(9)12(22)7-17)21-11-4-3-8(19)5-10(11)18/h3-5,21H,6-7H2,1-2H3,(H2,20,23). The van der Waals surface area contributed by atoms with E-state index in [-0.39, 0.29) is 16.9 Å². The maximum atomic E-state index is 14.1. The third kappa shape index (κ3) is 3.19. The third-order valence-corrected chi connectivity index (χ3v) is 5.84. The van der Waals surface area contributed by atoms with E-state index in [2.05, 4.69) is 5.32 Å². The van der Waals surface area contributed by atoms with Crippen LogP contribution in [0, 0.1) is 14.8 Å². The fraction of sp³-hybridized carbons (Fsp3) is 0.294. The molecule has 2 aromatic rings. The first-order chi connectivity index (χ1) is 11.2. The van der Waals surface area contributed by atoms with Gasteiger partial charge in [0, 0.05) is 9.99 Å². The molecule has 0 bridgehead atoms. The molecule has 0 saturated carbocycles. The van der Waals surface area contributed by atoms with Crippen LogP contribution in [0.4, 0.5) is 15.1 Å². The third-order valence-electron chi connectivity index (χ3n) is 3.98. The van der Waals surface area contributed by atoms with Crippen LogP contribution in [0.3, 0.4) is 0 Å². The molecule has 1 aromatic heterocycles. The molecule has 1 heterocycles. The van der Waals surface area contributed by atoms with Gasteiger partial charge in [0.2, 0.25) is 0 Å². The Morgan fingerprint density at radius 2 is 2.08 bits per heavy atom. The van der Waals surface area contributed by atoms with Crippen LogP contribution in [0.25, 0.3) is 0 Å². The Kier molecular flexibility index (Phi) is 4.41. The van der Waals surface area contributed by atoms with Crippen LogP contribution < -0.4 is 11.1 Å². The summed E-state index contributed by atoms with van der Waals surface area (Å²) in [5.41, 5.74) is 6.57. The van der Waals surface area contributed by atoms with E-state index in [1.165, 1.54) is 17.4 Å². The van der Waals surface area contributed by atoms with Crippen LogP contribution in [-0.4, -0.2) is 11.7 Å². The SMILES string of the molecule is CC1(C)CC(=O)c2sc(Nc3ccc(I)cc3F)c(C(N)=O)c2C1. The summed E-state index contributed by atoms with van der Waals surface area (Å²) >= 11 is 3.20. The van der Waals surface area contributed by atoms with Crippen molar-refractivity contribution in [1.29, 1.82) is 0 Å². The van der Waals surface area contributed by atoms with E-state index in [4.69, 9.17) is 5.73 Å². The van der Waals surface area contributed by atoms with Crippen molar-refractivity contribution >= 4 is 56.3 Å². The normalized spacial score (nSPS) is 15.9. The molecule has 0 saturated heterocycles. The Morgan fingerprint density at radius 3 is 2.71 bits per heavy atom. The molecule has 126 valence electrons. The second kappa shape index (κ2) is 6.11. The smallest absolute Gasteiger partial charge is 0.252 e. The topological polar surface area (TPSA) is 72.2 Å². The quantitative estimate of drug-likeness (QED) is 0.666. The minimum Gasteiger partial charge on any atom is -0.365 e. The van der Waals surface area contributed by atoms with E-state index < -0.39 is 11.7 Å². The van der Waals surface area contributed by atoms with E-state index >= 15 is 0 Å². The number of rotatable bonds is 3. The highest BCUT2D eigenvalue weighted by molar-refractivity contribution is 14.1. The van der Waals surface area contributed by atoms with Crippen LogP contribution in [0.2, 0.25) is 0 Å². The highest BCUT2D eigenvalue weighted by atomic mass is 127. The monoisotopic (exact) mass is 458 g/mol. The molecule has 24 heavy (non-hydrogen) atoms. The number of hydrogen-bond donors (Lipinski definition) is 2. The Morgan fingerprint density at radius 1 is 1.38 bits per heavy atom. The van der Waals surface area contributed by atoms with E-state index in [1.807, 2.05) is 36.4 Å². The lowest BCUT2D eigenvalue weighted by atomic mass is 9.75. The summed E-state index contributed by atoms with van der Waals surface area (Å²) in [6, 6.07) is 4.76. The van der Waals surface area contributed by atoms with Gasteiger partial charge in [0.05, 0.1) is 16.1 Å². The molecular weight excluding hydrogens is 442 g/mol. The van der Waals surface area contributed by atoms with Crippen molar-refractivity contribution in [2.24, 2.45) is 11.1 Å². The molecular formula is C17H16FIN2O2S. The summed E-state index contributed by atoms with van der Waals surface area (Å²) in [7, 11) is 0. The van der Waals surface area contributed by atoms with Gasteiger partial charge in [0.15, 0.2) is 5.78 Å². The zero-order valence-corrected chi connectivity index (χ0v) is 16.2. The first-order valence-corrected chi connectivity index (χ1v) is 9.28. The number of halogens is 2. The van der Waals surface area contributed by atoms with Crippen molar-refractivity contribution in [3.05, 3.63) is 43.6 Å². The molecule has 7 heteroatoms. The summed E-state index contributed by atoms with van der Waals surface area (Å²) in [5.74, 6) is -1.02. The number of ketones is 1. The first kappa shape index (κ1) is 17.3. The van der Waals surface area contributed by atoms with Crippen molar-refractivity contribution in [1.82, 2.24) is 0 Å². The minimum atomic E-state index is -0.605. The van der Waals surface area contributed by atoms with Crippen molar-refractivity contribution in [2.75, 3.05) is 5.32 Å². The maximum absolute atomic E-state index is 14.1. The number of primary amides is 1. The van der Waals surface area contributed by atoms with Crippen LogP contribution >= 0.6 is 33.9 Å². The number of thiophene rings is 1. The Hall–Kier alpha value is -1.48. The van der Waals surface area contributed by atoms with Crippen LogP contribution in [0.15, 0.2) is 18.2 Å². The number of anilines is 2. The zero-order chi connectivity index (χ0) is 17.6. The molecule has 1 aliphatic carbocycles. The lowest BCUT2D eigenvalue weighted by molar-refractivity contribution is 0.0917. The summed E-state index contributed by atoms with van der Waals surface area (Å²) in [5, 5.41) is 3.37. The van der Waals surface area contributed by atoms with Crippen LogP contribution in [0.1, 0.15) is 45.9 Å². The summed E-state index contributed by atoms with van der Waals surface area (Å²) in [6.07, 6.45) is 1.02. The largest absolute Gasteiger partial charge is 0.365 e.